The third-order valence-corrected chi connectivity index (χ3v) is 2.40. The van der Waals surface area contributed by atoms with Crippen LogP contribution in [0.4, 0.5) is 0 Å². The molecule has 0 N–H and O–H groups in total. The van der Waals surface area contributed by atoms with Gasteiger partial charge in [-0.3, -0.25) is 0 Å². The summed E-state index contributed by atoms with van der Waals surface area (Å²) in [6, 6.07) is 5.80. The molecule has 0 aliphatic heterocycles. The summed E-state index contributed by atoms with van der Waals surface area (Å²) in [4.78, 5) is 14.1. The molecule has 0 aliphatic carbocycles. The zero-order valence-electron chi connectivity index (χ0n) is 9.50. The number of nitrogens with zero attached hydrogens (tertiary/aromatic N) is 1. The van der Waals surface area contributed by atoms with Crippen LogP contribution in [0, 0.1) is 6.92 Å². The third-order valence-electron chi connectivity index (χ3n) is 2.40. The van der Waals surface area contributed by atoms with Crippen molar-refractivity contribution in [2.24, 2.45) is 4.99 Å². The van der Waals surface area contributed by atoms with E-state index in [-0.39, 0.29) is 0 Å². The average molecular weight is 205 g/mol. The van der Waals surface area contributed by atoms with Gasteiger partial charge in [0.05, 0.1) is 12.6 Å². The summed E-state index contributed by atoms with van der Waals surface area (Å²) < 4.78 is 5.32. The molecule has 0 aromatic heterocycles. The summed E-state index contributed by atoms with van der Waals surface area (Å²) in [5.74, 6) is 0.779. The number of rotatable bonds is 3. The minimum absolute atomic E-state index is 0.598. The minimum atomic E-state index is -0.598. The van der Waals surface area contributed by atoms with Crippen molar-refractivity contribution in [3.8, 4) is 5.75 Å². The Balaban J connectivity index is 3.36. The Morgan fingerprint density at radius 2 is 2.07 bits per heavy atom. The Labute approximate surface area is 89.8 Å². The van der Waals surface area contributed by atoms with E-state index < -0.39 is 5.54 Å². The first kappa shape index (κ1) is 11.5. The fourth-order valence-electron chi connectivity index (χ4n) is 1.58. The normalized spacial score (nSPS) is 10.7. The number of benzene rings is 1. The summed E-state index contributed by atoms with van der Waals surface area (Å²) in [5.41, 5.74) is 1.33. The quantitative estimate of drug-likeness (QED) is 0.562. The Bertz CT molecular complexity index is 404. The molecule has 0 saturated heterocycles. The van der Waals surface area contributed by atoms with Crippen LogP contribution < -0.4 is 4.74 Å². The van der Waals surface area contributed by atoms with Crippen LogP contribution in [-0.4, -0.2) is 13.2 Å². The number of methoxy groups -OCH3 is 1. The predicted octanol–water partition coefficient (Wildman–Crippen LogP) is 2.57. The van der Waals surface area contributed by atoms with Gasteiger partial charge in [-0.05, 0) is 26.3 Å². The van der Waals surface area contributed by atoms with Crippen molar-refractivity contribution in [3.05, 3.63) is 29.3 Å². The number of ether oxygens (including phenoxy) is 1. The van der Waals surface area contributed by atoms with Crippen molar-refractivity contribution in [3.63, 3.8) is 0 Å². The van der Waals surface area contributed by atoms with E-state index in [4.69, 9.17) is 4.74 Å². The number of hydrogen-bond donors (Lipinski definition) is 0. The molecule has 0 bridgehead atoms. The lowest BCUT2D eigenvalue weighted by Crippen LogP contribution is -2.15. The predicted molar refractivity (Wildman–Crippen MR) is 58.9 cm³/mol. The Kier molecular flexibility index (Phi) is 3.28. The van der Waals surface area contributed by atoms with E-state index in [9.17, 15) is 4.79 Å². The molecule has 0 unspecified atom stereocenters. The highest BCUT2D eigenvalue weighted by Crippen LogP contribution is 2.34. The molecule has 0 spiro atoms. The molecule has 0 atom stereocenters. The van der Waals surface area contributed by atoms with Crippen LogP contribution in [-0.2, 0) is 10.3 Å². The maximum absolute atomic E-state index is 10.3. The lowest BCUT2D eigenvalue weighted by molar-refractivity contribution is 0.391. The highest BCUT2D eigenvalue weighted by atomic mass is 16.5. The van der Waals surface area contributed by atoms with Crippen molar-refractivity contribution < 1.29 is 9.53 Å². The zero-order chi connectivity index (χ0) is 11.5. The van der Waals surface area contributed by atoms with E-state index >= 15 is 0 Å². The molecule has 0 radical (unpaired) electrons. The van der Waals surface area contributed by atoms with Gasteiger partial charge in [0, 0.05) is 5.56 Å². The second kappa shape index (κ2) is 4.28. The van der Waals surface area contributed by atoms with Gasteiger partial charge in [0.1, 0.15) is 5.75 Å². The van der Waals surface area contributed by atoms with Crippen molar-refractivity contribution in [2.75, 3.05) is 7.11 Å². The number of aryl methyl sites for hydroxylation is 1. The van der Waals surface area contributed by atoms with Gasteiger partial charge in [-0.1, -0.05) is 18.2 Å². The molecule has 1 aromatic rings. The molecular formula is C12H15NO2. The molecular weight excluding hydrogens is 190 g/mol. The van der Waals surface area contributed by atoms with Crippen molar-refractivity contribution >= 4 is 6.08 Å². The Morgan fingerprint density at radius 3 is 2.60 bits per heavy atom. The monoisotopic (exact) mass is 205 g/mol. The summed E-state index contributed by atoms with van der Waals surface area (Å²) in [6.45, 7) is 5.67. The van der Waals surface area contributed by atoms with Gasteiger partial charge in [-0.2, -0.15) is 4.99 Å². The smallest absolute Gasteiger partial charge is 0.235 e. The molecule has 1 aromatic carbocycles. The summed E-state index contributed by atoms with van der Waals surface area (Å²) in [5, 5.41) is 0. The fraction of sp³-hybridized carbons (Fsp3) is 0.417. The van der Waals surface area contributed by atoms with Crippen LogP contribution in [0.25, 0.3) is 0 Å². The van der Waals surface area contributed by atoms with E-state index in [2.05, 4.69) is 4.99 Å². The first-order valence-electron chi connectivity index (χ1n) is 4.76. The maximum Gasteiger partial charge on any atom is 0.235 e. The van der Waals surface area contributed by atoms with Gasteiger partial charge in [0.2, 0.25) is 6.08 Å². The van der Waals surface area contributed by atoms with E-state index in [1.807, 2.05) is 39.0 Å². The van der Waals surface area contributed by atoms with Crippen molar-refractivity contribution in [1.29, 1.82) is 0 Å². The highest BCUT2D eigenvalue weighted by molar-refractivity contribution is 5.46. The summed E-state index contributed by atoms with van der Waals surface area (Å²) in [7, 11) is 1.62. The van der Waals surface area contributed by atoms with Gasteiger partial charge in [-0.25, -0.2) is 4.79 Å². The first-order chi connectivity index (χ1) is 7.03. The van der Waals surface area contributed by atoms with E-state index in [1.165, 1.54) is 0 Å². The van der Waals surface area contributed by atoms with Crippen LogP contribution in [0.5, 0.6) is 5.75 Å². The van der Waals surface area contributed by atoms with Crippen molar-refractivity contribution in [1.82, 2.24) is 0 Å². The van der Waals surface area contributed by atoms with Gasteiger partial charge < -0.3 is 4.74 Å². The highest BCUT2D eigenvalue weighted by Gasteiger charge is 2.24. The molecule has 80 valence electrons. The van der Waals surface area contributed by atoms with Gasteiger partial charge in [0.25, 0.3) is 0 Å². The van der Waals surface area contributed by atoms with Crippen molar-refractivity contribution in [2.45, 2.75) is 26.3 Å². The van der Waals surface area contributed by atoms with Crippen LogP contribution >= 0.6 is 0 Å². The minimum Gasteiger partial charge on any atom is -0.496 e. The molecule has 0 fully saturated rings. The number of isocyanates is 1. The standard InChI is InChI=1S/C12H15NO2/c1-9-6-5-7-10(11(9)15-4)12(2,3)13-8-14/h5-7H,1-4H3. The van der Waals surface area contributed by atoms with Gasteiger partial charge in [-0.15, -0.1) is 0 Å². The number of aliphatic imine (C=N–C) groups is 1. The van der Waals surface area contributed by atoms with Gasteiger partial charge in [0.15, 0.2) is 0 Å². The molecule has 0 amide bonds. The molecule has 3 nitrogen and oxygen atoms in total. The lowest BCUT2D eigenvalue weighted by Gasteiger charge is -2.21. The van der Waals surface area contributed by atoms with Gasteiger partial charge >= 0.3 is 0 Å². The Hall–Kier alpha value is -1.60. The van der Waals surface area contributed by atoms with Crippen LogP contribution in [0.2, 0.25) is 0 Å². The third kappa shape index (κ3) is 2.25. The maximum atomic E-state index is 10.3. The zero-order valence-corrected chi connectivity index (χ0v) is 9.50. The first-order valence-corrected chi connectivity index (χ1v) is 4.76. The fourth-order valence-corrected chi connectivity index (χ4v) is 1.58. The Morgan fingerprint density at radius 1 is 1.40 bits per heavy atom. The largest absolute Gasteiger partial charge is 0.496 e. The topological polar surface area (TPSA) is 38.7 Å². The summed E-state index contributed by atoms with van der Waals surface area (Å²) in [6.07, 6.45) is 1.60. The van der Waals surface area contributed by atoms with E-state index in [0.29, 0.717) is 0 Å². The molecule has 0 heterocycles. The lowest BCUT2D eigenvalue weighted by atomic mass is 9.92. The molecule has 0 saturated carbocycles. The van der Waals surface area contributed by atoms with Crippen LogP contribution in [0.15, 0.2) is 23.2 Å². The van der Waals surface area contributed by atoms with Crippen LogP contribution in [0.1, 0.15) is 25.0 Å². The molecule has 0 aliphatic rings. The van der Waals surface area contributed by atoms with E-state index in [1.54, 1.807) is 13.2 Å². The number of hydrogen-bond acceptors (Lipinski definition) is 3. The number of para-hydroxylation sites is 1. The second-order valence-electron chi connectivity index (χ2n) is 3.92. The number of carbonyl (C=O) groups excluding carboxylic acids is 1. The second-order valence-corrected chi connectivity index (χ2v) is 3.92. The average Bonchev–Trinajstić information content (AvgIpc) is 2.17. The van der Waals surface area contributed by atoms with Crippen LogP contribution in [0.3, 0.4) is 0 Å². The SMILES string of the molecule is COc1c(C)cccc1C(C)(C)N=C=O. The molecule has 15 heavy (non-hydrogen) atoms. The summed E-state index contributed by atoms with van der Waals surface area (Å²) >= 11 is 0. The molecule has 1 rings (SSSR count). The van der Waals surface area contributed by atoms with E-state index in [0.717, 1.165) is 16.9 Å². The molecule has 3 heteroatoms.